The van der Waals surface area contributed by atoms with Crippen LogP contribution in [0.4, 0.5) is 0 Å². The van der Waals surface area contributed by atoms with Crippen LogP contribution in [0.3, 0.4) is 0 Å². The second-order valence-corrected chi connectivity index (χ2v) is 5.07. The summed E-state index contributed by atoms with van der Waals surface area (Å²) in [5, 5.41) is 0. The molecule has 0 aromatic rings. The highest BCUT2D eigenvalue weighted by Gasteiger charge is 2.34. The molecule has 0 aliphatic heterocycles. The van der Waals surface area contributed by atoms with Crippen LogP contribution in [0.15, 0.2) is 11.1 Å². The summed E-state index contributed by atoms with van der Waals surface area (Å²) < 4.78 is 0. The zero-order chi connectivity index (χ0) is 9.47. The average Bonchev–Trinajstić information content (AvgIpc) is 2.02. The smallest absolute Gasteiger partial charge is 0.137 e. The second kappa shape index (κ2) is 2.97. The summed E-state index contributed by atoms with van der Waals surface area (Å²) in [5.74, 6) is 0.450. The molecule has 0 aromatic heterocycles. The molecule has 2 aliphatic carbocycles. The summed E-state index contributed by atoms with van der Waals surface area (Å²) in [6, 6.07) is 0. The summed E-state index contributed by atoms with van der Waals surface area (Å²) in [6.45, 7) is 4.45. The lowest BCUT2D eigenvalue weighted by Gasteiger charge is -2.37. The molecule has 72 valence electrons. The SMILES string of the molecule is CC1(C)CC(=O)CC2=C1CCCC2. The Balaban J connectivity index is 2.36. The minimum atomic E-state index is 0.172. The number of carbonyl (C=O) groups is 1. The van der Waals surface area contributed by atoms with Gasteiger partial charge in [-0.2, -0.15) is 0 Å². The molecular formula is C12H18O. The molecular weight excluding hydrogens is 160 g/mol. The Morgan fingerprint density at radius 2 is 1.85 bits per heavy atom. The zero-order valence-corrected chi connectivity index (χ0v) is 8.65. The third kappa shape index (κ3) is 1.56. The summed E-state index contributed by atoms with van der Waals surface area (Å²) in [4.78, 5) is 11.5. The minimum Gasteiger partial charge on any atom is -0.299 e. The van der Waals surface area contributed by atoms with Crippen LogP contribution < -0.4 is 0 Å². The van der Waals surface area contributed by atoms with Crippen molar-refractivity contribution in [1.82, 2.24) is 0 Å². The monoisotopic (exact) mass is 178 g/mol. The van der Waals surface area contributed by atoms with Crippen molar-refractivity contribution in [1.29, 1.82) is 0 Å². The Kier molecular flexibility index (Phi) is 2.05. The molecule has 0 amide bonds. The van der Waals surface area contributed by atoms with Crippen LogP contribution in [0.1, 0.15) is 52.4 Å². The van der Waals surface area contributed by atoms with Gasteiger partial charge >= 0.3 is 0 Å². The van der Waals surface area contributed by atoms with Gasteiger partial charge in [0.2, 0.25) is 0 Å². The van der Waals surface area contributed by atoms with Crippen molar-refractivity contribution in [3.63, 3.8) is 0 Å². The molecule has 0 heterocycles. The van der Waals surface area contributed by atoms with E-state index >= 15 is 0 Å². The zero-order valence-electron chi connectivity index (χ0n) is 8.65. The maximum Gasteiger partial charge on any atom is 0.137 e. The highest BCUT2D eigenvalue weighted by Crippen LogP contribution is 2.44. The summed E-state index contributed by atoms with van der Waals surface area (Å²) in [5.41, 5.74) is 3.26. The van der Waals surface area contributed by atoms with E-state index in [4.69, 9.17) is 0 Å². The first-order valence-electron chi connectivity index (χ1n) is 5.33. The molecule has 0 saturated carbocycles. The van der Waals surface area contributed by atoms with Gasteiger partial charge in [0, 0.05) is 12.8 Å². The Labute approximate surface area is 80.2 Å². The van der Waals surface area contributed by atoms with E-state index in [9.17, 15) is 4.79 Å². The first-order valence-corrected chi connectivity index (χ1v) is 5.33. The van der Waals surface area contributed by atoms with Crippen molar-refractivity contribution in [2.75, 3.05) is 0 Å². The Morgan fingerprint density at radius 3 is 2.62 bits per heavy atom. The van der Waals surface area contributed by atoms with E-state index in [2.05, 4.69) is 13.8 Å². The highest BCUT2D eigenvalue weighted by atomic mass is 16.1. The maximum absolute atomic E-state index is 11.5. The predicted octanol–water partition coefficient (Wildman–Crippen LogP) is 3.25. The summed E-state index contributed by atoms with van der Waals surface area (Å²) in [7, 11) is 0. The van der Waals surface area contributed by atoms with Crippen molar-refractivity contribution in [3.05, 3.63) is 11.1 Å². The standard InChI is InChI=1S/C12H18O/c1-12(2)8-10(13)7-9-5-3-4-6-11(9)12/h3-8H2,1-2H3. The van der Waals surface area contributed by atoms with Gasteiger partial charge in [0.1, 0.15) is 5.78 Å². The lowest BCUT2D eigenvalue weighted by Crippen LogP contribution is -2.28. The molecule has 0 unspecified atom stereocenters. The van der Waals surface area contributed by atoms with E-state index in [1.807, 2.05) is 0 Å². The quantitative estimate of drug-likeness (QED) is 0.520. The third-order valence-electron chi connectivity index (χ3n) is 3.45. The topological polar surface area (TPSA) is 17.1 Å². The highest BCUT2D eigenvalue weighted by molar-refractivity contribution is 5.83. The molecule has 1 heteroatoms. The van der Waals surface area contributed by atoms with E-state index in [1.165, 1.54) is 31.3 Å². The van der Waals surface area contributed by atoms with Gasteiger partial charge in [-0.1, -0.05) is 25.0 Å². The van der Waals surface area contributed by atoms with Crippen molar-refractivity contribution in [2.24, 2.45) is 5.41 Å². The van der Waals surface area contributed by atoms with Crippen LogP contribution in [0, 0.1) is 5.41 Å². The van der Waals surface area contributed by atoms with Gasteiger partial charge in [0.25, 0.3) is 0 Å². The number of carbonyl (C=O) groups excluding carboxylic acids is 1. The largest absolute Gasteiger partial charge is 0.299 e. The molecule has 2 aliphatic rings. The first-order chi connectivity index (χ1) is 6.09. The number of Topliss-reactive ketones (excluding diaryl/α,β-unsaturated/α-hetero) is 1. The van der Waals surface area contributed by atoms with E-state index in [0.29, 0.717) is 5.78 Å². The van der Waals surface area contributed by atoms with Crippen LogP contribution >= 0.6 is 0 Å². The number of hydrogen-bond donors (Lipinski definition) is 0. The average molecular weight is 178 g/mol. The second-order valence-electron chi connectivity index (χ2n) is 5.07. The molecule has 0 N–H and O–H groups in total. The Bertz CT molecular complexity index is 271. The molecule has 0 spiro atoms. The van der Waals surface area contributed by atoms with Gasteiger partial charge in [-0.25, -0.2) is 0 Å². The van der Waals surface area contributed by atoms with Gasteiger partial charge < -0.3 is 0 Å². The van der Waals surface area contributed by atoms with Crippen LogP contribution in [-0.4, -0.2) is 5.78 Å². The molecule has 0 saturated heterocycles. The number of rotatable bonds is 0. The molecule has 1 nitrogen and oxygen atoms in total. The van der Waals surface area contributed by atoms with E-state index < -0.39 is 0 Å². The van der Waals surface area contributed by atoms with Crippen LogP contribution in [-0.2, 0) is 4.79 Å². The molecule has 0 aromatic carbocycles. The molecule has 0 atom stereocenters. The lowest BCUT2D eigenvalue weighted by atomic mass is 9.67. The summed E-state index contributed by atoms with van der Waals surface area (Å²) >= 11 is 0. The van der Waals surface area contributed by atoms with Crippen molar-refractivity contribution in [2.45, 2.75) is 52.4 Å². The number of ketones is 1. The predicted molar refractivity (Wildman–Crippen MR) is 53.5 cm³/mol. The molecule has 0 fully saturated rings. The fourth-order valence-electron chi connectivity index (χ4n) is 2.88. The molecule has 0 radical (unpaired) electrons. The van der Waals surface area contributed by atoms with Gasteiger partial charge in [-0.05, 0) is 31.1 Å². The molecule has 2 rings (SSSR count). The number of allylic oxidation sites excluding steroid dienone is 2. The Hall–Kier alpha value is -0.590. The molecule has 13 heavy (non-hydrogen) atoms. The molecule has 0 bridgehead atoms. The fourth-order valence-corrected chi connectivity index (χ4v) is 2.88. The third-order valence-corrected chi connectivity index (χ3v) is 3.45. The van der Waals surface area contributed by atoms with E-state index in [1.54, 1.807) is 5.57 Å². The van der Waals surface area contributed by atoms with Gasteiger partial charge in [0.15, 0.2) is 0 Å². The first kappa shape index (κ1) is 8.98. The van der Waals surface area contributed by atoms with Crippen LogP contribution in [0.25, 0.3) is 0 Å². The van der Waals surface area contributed by atoms with Crippen molar-refractivity contribution >= 4 is 5.78 Å². The van der Waals surface area contributed by atoms with Crippen LogP contribution in [0.5, 0.6) is 0 Å². The van der Waals surface area contributed by atoms with Gasteiger partial charge in [0.05, 0.1) is 0 Å². The van der Waals surface area contributed by atoms with Crippen molar-refractivity contribution in [3.8, 4) is 0 Å². The van der Waals surface area contributed by atoms with Gasteiger partial charge in [-0.3, -0.25) is 4.79 Å². The summed E-state index contributed by atoms with van der Waals surface area (Å²) in [6.07, 6.45) is 6.59. The van der Waals surface area contributed by atoms with Crippen molar-refractivity contribution < 1.29 is 4.79 Å². The number of hydrogen-bond acceptors (Lipinski definition) is 1. The lowest BCUT2D eigenvalue weighted by molar-refractivity contribution is -0.120. The minimum absolute atomic E-state index is 0.172. The normalized spacial score (nSPS) is 27.4. The van der Waals surface area contributed by atoms with E-state index in [0.717, 1.165) is 12.8 Å². The fraction of sp³-hybridized carbons (Fsp3) is 0.750. The van der Waals surface area contributed by atoms with E-state index in [-0.39, 0.29) is 5.41 Å². The van der Waals surface area contributed by atoms with Crippen LogP contribution in [0.2, 0.25) is 0 Å². The van der Waals surface area contributed by atoms with Gasteiger partial charge in [-0.15, -0.1) is 0 Å². The maximum atomic E-state index is 11.5. The Morgan fingerprint density at radius 1 is 1.15 bits per heavy atom.